The second kappa shape index (κ2) is 62.7. The standard InChI is InChI=1S/CH2O.Al.Fe.Ni.3H/c1-2;;;;;;/h1H2;;;;;;. The third-order valence-corrected chi connectivity index (χ3v) is 0. The molecule has 5 heavy (non-hydrogen) atoms. The summed E-state index contributed by atoms with van der Waals surface area (Å²) >= 11 is 0. The molecule has 0 fully saturated rings. The zero-order valence-corrected chi connectivity index (χ0v) is 3.88. The Morgan fingerprint density at radius 3 is 1.20 bits per heavy atom. The first kappa shape index (κ1) is 34.4. The van der Waals surface area contributed by atoms with Crippen molar-refractivity contribution in [1.29, 1.82) is 0 Å². The molecule has 0 saturated heterocycles. The minimum atomic E-state index is 0. The number of carbonyl (C=O) groups is 1. The Morgan fingerprint density at radius 2 is 1.20 bits per heavy atom. The zero-order valence-electron chi connectivity index (χ0n) is 1.79. The van der Waals surface area contributed by atoms with Crippen molar-refractivity contribution in [3.8, 4) is 0 Å². The van der Waals surface area contributed by atoms with Crippen LogP contribution in [0.4, 0.5) is 0 Å². The van der Waals surface area contributed by atoms with Gasteiger partial charge in [-0.25, -0.2) is 0 Å². The third-order valence-electron chi connectivity index (χ3n) is 0. The molecule has 0 rings (SSSR count). The monoisotopic (exact) mass is 174 g/mol. The summed E-state index contributed by atoms with van der Waals surface area (Å²) in [7, 11) is 0. The van der Waals surface area contributed by atoms with E-state index in [0.29, 0.717) is 0 Å². The van der Waals surface area contributed by atoms with Crippen LogP contribution in [-0.2, 0) is 38.4 Å². The van der Waals surface area contributed by atoms with Crippen LogP contribution >= 0.6 is 0 Å². The van der Waals surface area contributed by atoms with Crippen LogP contribution in [0.25, 0.3) is 0 Å². The van der Waals surface area contributed by atoms with E-state index in [4.69, 9.17) is 4.79 Å². The molecule has 0 amide bonds. The fourth-order valence-electron chi connectivity index (χ4n) is 0. The van der Waals surface area contributed by atoms with Crippen LogP contribution in [0.2, 0.25) is 0 Å². The molecule has 0 aromatic rings. The van der Waals surface area contributed by atoms with E-state index in [1.165, 1.54) is 0 Å². The molecule has 0 aliphatic carbocycles. The van der Waals surface area contributed by atoms with Crippen molar-refractivity contribution in [3.05, 3.63) is 0 Å². The molecule has 0 N–H and O–H groups in total. The van der Waals surface area contributed by atoms with Gasteiger partial charge >= 0.3 is 0 Å². The van der Waals surface area contributed by atoms with E-state index >= 15 is 0 Å². The summed E-state index contributed by atoms with van der Waals surface area (Å²) in [6.07, 6.45) is 0. The van der Waals surface area contributed by atoms with Crippen LogP contribution in [0.1, 0.15) is 0 Å². The minimum absolute atomic E-state index is 0. The maximum atomic E-state index is 8.00. The molecular weight excluding hydrogens is 170 g/mol. The first-order chi connectivity index (χ1) is 1.00. The van der Waals surface area contributed by atoms with Gasteiger partial charge in [-0.2, -0.15) is 0 Å². The molecule has 0 heterocycles. The maximum Gasteiger partial charge on any atom is 0.187 e. The van der Waals surface area contributed by atoms with Crippen LogP contribution in [0.3, 0.4) is 0 Å². The molecule has 0 spiro atoms. The Morgan fingerprint density at radius 1 is 1.20 bits per heavy atom. The van der Waals surface area contributed by atoms with Crippen molar-refractivity contribution in [3.63, 3.8) is 0 Å². The molecule has 0 saturated carbocycles. The molecule has 0 aromatic carbocycles. The van der Waals surface area contributed by atoms with Gasteiger partial charge in [0.05, 0.1) is 0 Å². The van der Waals surface area contributed by atoms with E-state index in [-0.39, 0.29) is 50.9 Å². The van der Waals surface area contributed by atoms with Crippen molar-refractivity contribution in [1.82, 2.24) is 0 Å². The maximum absolute atomic E-state index is 8.00. The van der Waals surface area contributed by atoms with Crippen LogP contribution < -0.4 is 0 Å². The number of hydrogen-bond donors (Lipinski definition) is 0. The fraction of sp³-hybridized carbons (Fsp3) is 0. The average molecular weight is 175 g/mol. The summed E-state index contributed by atoms with van der Waals surface area (Å²) in [5.41, 5.74) is 0. The smallest absolute Gasteiger partial charge is 0.187 e. The van der Waals surface area contributed by atoms with Gasteiger partial charge in [0.1, 0.15) is 6.79 Å². The first-order valence-corrected chi connectivity index (χ1v) is 0.289. The molecule has 4 heteroatoms. The van der Waals surface area contributed by atoms with Gasteiger partial charge < -0.3 is 4.79 Å². The number of carbonyl (C=O) groups excluding carboxylic acids is 1. The van der Waals surface area contributed by atoms with Crippen molar-refractivity contribution in [2.75, 3.05) is 0 Å². The van der Waals surface area contributed by atoms with Crippen molar-refractivity contribution in [2.24, 2.45) is 0 Å². The molecular formula is CH5AlFeNiO. The van der Waals surface area contributed by atoms with Crippen LogP contribution in [0.5, 0.6) is 0 Å². The Balaban J connectivity index is -0.00000000167. The zero-order chi connectivity index (χ0) is 2.00. The second-order valence-electron chi connectivity index (χ2n) is 0. The van der Waals surface area contributed by atoms with Crippen LogP contribution in [0.15, 0.2) is 0 Å². The Hall–Kier alpha value is 1.22. The normalized spacial score (nSPS) is 0.800. The van der Waals surface area contributed by atoms with E-state index in [2.05, 4.69) is 0 Å². The molecule has 0 atom stereocenters. The van der Waals surface area contributed by atoms with Crippen LogP contribution in [-0.4, -0.2) is 24.2 Å². The van der Waals surface area contributed by atoms with Gasteiger partial charge in [-0.1, -0.05) is 0 Å². The van der Waals surface area contributed by atoms with E-state index in [1.807, 2.05) is 6.79 Å². The quantitative estimate of drug-likeness (QED) is 0.414. The summed E-state index contributed by atoms with van der Waals surface area (Å²) in [6, 6.07) is 0. The Bertz CT molecular complexity index is 11.6. The molecule has 0 aromatic heterocycles. The summed E-state index contributed by atoms with van der Waals surface area (Å²) in [5.74, 6) is 0. The SMILES string of the molecule is C=O.[AlH3].[Fe].[Ni]. The molecule has 0 aliphatic rings. The third kappa shape index (κ3) is 36.5. The minimum Gasteiger partial charge on any atom is -0.307 e. The molecule has 0 bridgehead atoms. The molecule has 0 aliphatic heterocycles. The van der Waals surface area contributed by atoms with E-state index in [1.54, 1.807) is 0 Å². The molecule has 36 valence electrons. The average Bonchev–Trinajstić information content (AvgIpc) is 1.00. The first-order valence-electron chi connectivity index (χ1n) is 0.289. The fourth-order valence-corrected chi connectivity index (χ4v) is 0. The summed E-state index contributed by atoms with van der Waals surface area (Å²) in [6.45, 7) is 2.00. The van der Waals surface area contributed by atoms with Gasteiger partial charge in [0.2, 0.25) is 0 Å². The van der Waals surface area contributed by atoms with Gasteiger partial charge in [-0.05, 0) is 0 Å². The number of hydrogen-bond acceptors (Lipinski definition) is 1. The predicted molar refractivity (Wildman–Crippen MR) is 17.1 cm³/mol. The largest absolute Gasteiger partial charge is 0.307 e. The van der Waals surface area contributed by atoms with Gasteiger partial charge in [0.25, 0.3) is 0 Å². The van der Waals surface area contributed by atoms with Gasteiger partial charge in [-0.3, -0.25) is 0 Å². The van der Waals surface area contributed by atoms with E-state index in [9.17, 15) is 0 Å². The predicted octanol–water partition coefficient (Wildman–Crippen LogP) is -1.37. The van der Waals surface area contributed by atoms with Crippen LogP contribution in [0, 0.1) is 0 Å². The number of rotatable bonds is 0. The Kier molecular flexibility index (Phi) is 432. The van der Waals surface area contributed by atoms with Gasteiger partial charge in [0, 0.05) is 33.6 Å². The van der Waals surface area contributed by atoms with E-state index in [0.717, 1.165) is 0 Å². The van der Waals surface area contributed by atoms with Crippen molar-refractivity contribution < 1.29 is 38.4 Å². The van der Waals surface area contributed by atoms with Crippen molar-refractivity contribution >= 4 is 24.2 Å². The second-order valence-corrected chi connectivity index (χ2v) is 0. The topological polar surface area (TPSA) is 17.1 Å². The van der Waals surface area contributed by atoms with Crippen molar-refractivity contribution in [2.45, 2.75) is 0 Å². The summed E-state index contributed by atoms with van der Waals surface area (Å²) in [4.78, 5) is 8.00. The van der Waals surface area contributed by atoms with E-state index < -0.39 is 0 Å². The summed E-state index contributed by atoms with van der Waals surface area (Å²) in [5, 5.41) is 0. The Labute approximate surface area is 62.4 Å². The van der Waals surface area contributed by atoms with Gasteiger partial charge in [0.15, 0.2) is 17.4 Å². The molecule has 0 unspecified atom stereocenters. The molecule has 0 radical (unpaired) electrons. The molecule has 1 nitrogen and oxygen atoms in total. The van der Waals surface area contributed by atoms with Gasteiger partial charge in [-0.15, -0.1) is 0 Å². The summed E-state index contributed by atoms with van der Waals surface area (Å²) < 4.78 is 0.